The number of likely N-dealkylation sites (N-methyl/N-ethyl adjacent to an activating group) is 1. The molecule has 0 atom stereocenters. The maximum Gasteiger partial charge on any atom is 0.261 e. The van der Waals surface area contributed by atoms with Crippen molar-refractivity contribution in [3.8, 4) is 0 Å². The highest BCUT2D eigenvalue weighted by molar-refractivity contribution is 14.1. The molecule has 0 aliphatic carbocycles. The fourth-order valence-corrected chi connectivity index (χ4v) is 3.92. The van der Waals surface area contributed by atoms with E-state index in [4.69, 9.17) is 0 Å². The van der Waals surface area contributed by atoms with Gasteiger partial charge < -0.3 is 10.0 Å². The Bertz CT molecular complexity index is 1180. The van der Waals surface area contributed by atoms with Crippen LogP contribution in [0.4, 0.5) is 5.69 Å². The van der Waals surface area contributed by atoms with Crippen LogP contribution >= 0.6 is 22.6 Å². The number of hydrogen-bond acceptors (Lipinski definition) is 4. The second-order valence-corrected chi connectivity index (χ2v) is 7.85. The first-order valence-corrected chi connectivity index (χ1v) is 9.99. The summed E-state index contributed by atoms with van der Waals surface area (Å²) in [7, 11) is 1.73. The monoisotopic (exact) mass is 487 g/mol. The highest BCUT2D eigenvalue weighted by Gasteiger charge is 2.29. The normalized spacial score (nSPS) is 14.9. The molecule has 7 heteroatoms. The number of nitrogens with zero attached hydrogens (tertiary/aromatic N) is 3. The lowest BCUT2D eigenvalue weighted by molar-refractivity contribution is -0.112. The number of carbonyl (C=O) groups excluding carboxylic acids is 1. The first kappa shape index (κ1) is 18.8. The average molecular weight is 487 g/mol. The van der Waals surface area contributed by atoms with Crippen LogP contribution in [-0.2, 0) is 11.3 Å². The van der Waals surface area contributed by atoms with Gasteiger partial charge in [-0.3, -0.25) is 14.2 Å². The molecule has 0 saturated carbocycles. The minimum absolute atomic E-state index is 0.0304. The number of hydrogen-bond donors (Lipinski definition) is 1. The smallest absolute Gasteiger partial charge is 0.261 e. The molecule has 2 aromatic carbocycles. The van der Waals surface area contributed by atoms with Gasteiger partial charge in [0, 0.05) is 29.3 Å². The Labute approximate surface area is 175 Å². The fraction of sp³-hybridized carbons (Fsp3) is 0.190. The minimum Gasteiger partial charge on any atom is -0.396 e. The van der Waals surface area contributed by atoms with Crippen molar-refractivity contribution >= 4 is 56.7 Å². The Balaban J connectivity index is 1.95. The number of para-hydroxylation sites is 1. The number of benzene rings is 2. The van der Waals surface area contributed by atoms with Crippen LogP contribution in [0.3, 0.4) is 0 Å². The van der Waals surface area contributed by atoms with Crippen LogP contribution in [0.15, 0.2) is 47.3 Å². The summed E-state index contributed by atoms with van der Waals surface area (Å²) in [6.45, 7) is 0.297. The molecule has 1 amide bonds. The second-order valence-electron chi connectivity index (χ2n) is 6.60. The van der Waals surface area contributed by atoms with Crippen LogP contribution in [-0.4, -0.2) is 34.2 Å². The highest BCUT2D eigenvalue weighted by atomic mass is 127. The lowest BCUT2D eigenvalue weighted by Gasteiger charge is -2.12. The zero-order valence-corrected chi connectivity index (χ0v) is 17.4. The van der Waals surface area contributed by atoms with E-state index < -0.39 is 0 Å². The van der Waals surface area contributed by atoms with E-state index in [-0.39, 0.29) is 18.1 Å². The molecule has 0 unspecified atom stereocenters. The third kappa shape index (κ3) is 3.14. The SMILES string of the molecule is CN1C(=O)/C(=C\c2nc3ccc(I)cc3c(=O)n2CCCO)c2ccccc21. The van der Waals surface area contributed by atoms with Crippen molar-refractivity contribution in [3.63, 3.8) is 0 Å². The molecule has 0 radical (unpaired) electrons. The zero-order chi connectivity index (χ0) is 19.8. The van der Waals surface area contributed by atoms with Gasteiger partial charge >= 0.3 is 0 Å². The molecule has 2 heterocycles. The molecule has 1 aromatic heterocycles. The molecule has 1 N–H and O–H groups in total. The van der Waals surface area contributed by atoms with Gasteiger partial charge in [-0.15, -0.1) is 0 Å². The molecule has 142 valence electrons. The predicted molar refractivity (Wildman–Crippen MR) is 118 cm³/mol. The maximum absolute atomic E-state index is 13.1. The van der Waals surface area contributed by atoms with Crippen LogP contribution in [0.25, 0.3) is 22.6 Å². The first-order chi connectivity index (χ1) is 13.5. The van der Waals surface area contributed by atoms with Crippen molar-refractivity contribution in [2.75, 3.05) is 18.6 Å². The Morgan fingerprint density at radius 1 is 1.18 bits per heavy atom. The van der Waals surface area contributed by atoms with E-state index in [0.717, 1.165) is 14.8 Å². The summed E-state index contributed by atoms with van der Waals surface area (Å²) in [5, 5.41) is 9.77. The van der Waals surface area contributed by atoms with E-state index in [1.165, 1.54) is 4.57 Å². The van der Waals surface area contributed by atoms with Crippen molar-refractivity contribution in [2.45, 2.75) is 13.0 Å². The van der Waals surface area contributed by atoms with Gasteiger partial charge in [-0.2, -0.15) is 0 Å². The molecule has 4 rings (SSSR count). The van der Waals surface area contributed by atoms with Crippen LogP contribution in [0.1, 0.15) is 17.8 Å². The van der Waals surface area contributed by atoms with Gasteiger partial charge in [0.05, 0.1) is 22.2 Å². The first-order valence-electron chi connectivity index (χ1n) is 8.91. The molecule has 0 spiro atoms. The van der Waals surface area contributed by atoms with Gasteiger partial charge in [0.1, 0.15) is 5.82 Å². The van der Waals surface area contributed by atoms with Crippen molar-refractivity contribution in [2.24, 2.45) is 0 Å². The third-order valence-corrected chi connectivity index (χ3v) is 5.52. The number of amides is 1. The summed E-state index contributed by atoms with van der Waals surface area (Å²) in [6.07, 6.45) is 2.11. The van der Waals surface area contributed by atoms with Crippen molar-refractivity contribution in [1.29, 1.82) is 0 Å². The minimum atomic E-state index is -0.170. The Kier molecular flexibility index (Phi) is 5.03. The number of carbonyl (C=O) groups is 1. The summed E-state index contributed by atoms with van der Waals surface area (Å²) >= 11 is 2.16. The number of aliphatic hydroxyl groups is 1. The lowest BCUT2D eigenvalue weighted by atomic mass is 10.1. The zero-order valence-electron chi connectivity index (χ0n) is 15.2. The number of halogens is 1. The summed E-state index contributed by atoms with van der Waals surface area (Å²) in [5.74, 6) is 0.285. The van der Waals surface area contributed by atoms with Crippen LogP contribution in [0.5, 0.6) is 0 Å². The molecule has 1 aliphatic heterocycles. The average Bonchev–Trinajstić information content (AvgIpc) is 2.93. The van der Waals surface area contributed by atoms with Crippen LogP contribution in [0.2, 0.25) is 0 Å². The summed E-state index contributed by atoms with van der Waals surface area (Å²) in [6, 6.07) is 13.1. The third-order valence-electron chi connectivity index (χ3n) is 4.85. The van der Waals surface area contributed by atoms with E-state index in [1.807, 2.05) is 36.4 Å². The van der Waals surface area contributed by atoms with E-state index in [0.29, 0.717) is 35.3 Å². The Morgan fingerprint density at radius 2 is 1.96 bits per heavy atom. The topological polar surface area (TPSA) is 75.4 Å². The summed E-state index contributed by atoms with van der Waals surface area (Å²) in [4.78, 5) is 32.1. The van der Waals surface area contributed by atoms with Gasteiger partial charge in [0.2, 0.25) is 0 Å². The summed E-state index contributed by atoms with van der Waals surface area (Å²) < 4.78 is 2.49. The molecular weight excluding hydrogens is 469 g/mol. The summed E-state index contributed by atoms with van der Waals surface area (Å²) in [5.41, 5.74) is 2.58. The number of rotatable bonds is 4. The predicted octanol–water partition coefficient (Wildman–Crippen LogP) is 2.90. The molecule has 6 nitrogen and oxygen atoms in total. The number of aliphatic hydroxyl groups excluding tert-OH is 1. The molecule has 0 saturated heterocycles. The lowest BCUT2D eigenvalue weighted by Crippen LogP contribution is -2.25. The number of aromatic nitrogens is 2. The highest BCUT2D eigenvalue weighted by Crippen LogP contribution is 2.36. The quantitative estimate of drug-likeness (QED) is 0.454. The van der Waals surface area contributed by atoms with E-state index in [9.17, 15) is 14.7 Å². The van der Waals surface area contributed by atoms with Gasteiger partial charge in [0.25, 0.3) is 11.5 Å². The van der Waals surface area contributed by atoms with E-state index in [1.54, 1.807) is 24.1 Å². The van der Waals surface area contributed by atoms with Crippen molar-refractivity contribution in [3.05, 3.63) is 67.8 Å². The van der Waals surface area contributed by atoms with E-state index >= 15 is 0 Å². The standard InChI is InChI=1S/C21H18IN3O3/c1-24-18-6-3-2-5-14(18)15(20(24)27)12-19-23-17-8-7-13(22)11-16(17)21(28)25(19)9-4-10-26/h2-3,5-8,11-12,26H,4,9-10H2,1H3/b15-12-. The Morgan fingerprint density at radius 3 is 2.75 bits per heavy atom. The van der Waals surface area contributed by atoms with Gasteiger partial charge in [0.15, 0.2) is 0 Å². The van der Waals surface area contributed by atoms with Gasteiger partial charge in [-0.05, 0) is 59.4 Å². The van der Waals surface area contributed by atoms with Crippen molar-refractivity contribution in [1.82, 2.24) is 9.55 Å². The van der Waals surface area contributed by atoms with Crippen LogP contribution < -0.4 is 10.5 Å². The van der Waals surface area contributed by atoms with E-state index in [2.05, 4.69) is 27.6 Å². The fourth-order valence-electron chi connectivity index (χ4n) is 3.43. The molecule has 3 aromatic rings. The maximum atomic E-state index is 13.1. The van der Waals surface area contributed by atoms with Gasteiger partial charge in [-0.1, -0.05) is 18.2 Å². The molecular formula is C21H18IN3O3. The van der Waals surface area contributed by atoms with Crippen LogP contribution in [0, 0.1) is 3.57 Å². The number of fused-ring (bicyclic) bond motifs is 2. The molecule has 1 aliphatic rings. The molecule has 28 heavy (non-hydrogen) atoms. The molecule has 0 bridgehead atoms. The Hall–Kier alpha value is -2.52. The van der Waals surface area contributed by atoms with Gasteiger partial charge in [-0.25, -0.2) is 4.98 Å². The van der Waals surface area contributed by atoms with Crippen molar-refractivity contribution < 1.29 is 9.90 Å². The largest absolute Gasteiger partial charge is 0.396 e. The molecule has 0 fully saturated rings. The second kappa shape index (κ2) is 7.48. The number of anilines is 1.